The van der Waals surface area contributed by atoms with Gasteiger partial charge in [-0.15, -0.1) is 0 Å². The van der Waals surface area contributed by atoms with E-state index in [1.807, 2.05) is 0 Å². The largest absolute Gasteiger partial charge is 0.367 e. The number of rotatable bonds is 4. The Morgan fingerprint density at radius 2 is 1.69 bits per heavy atom. The third-order valence-corrected chi connectivity index (χ3v) is 3.10. The molecule has 0 spiro atoms. The van der Waals surface area contributed by atoms with Crippen LogP contribution in [0.3, 0.4) is 0 Å². The molecule has 16 heavy (non-hydrogen) atoms. The zero-order valence-electron chi connectivity index (χ0n) is 11.5. The lowest BCUT2D eigenvalue weighted by molar-refractivity contribution is -0.180. The summed E-state index contributed by atoms with van der Waals surface area (Å²) >= 11 is 0. The van der Waals surface area contributed by atoms with E-state index in [1.165, 1.54) is 6.42 Å². The molecule has 0 amide bonds. The van der Waals surface area contributed by atoms with Crippen LogP contribution in [0.25, 0.3) is 0 Å². The van der Waals surface area contributed by atoms with Crippen LogP contribution in [0.1, 0.15) is 41.0 Å². The van der Waals surface area contributed by atoms with Gasteiger partial charge in [0.2, 0.25) is 0 Å². The van der Waals surface area contributed by atoms with E-state index in [0.717, 1.165) is 26.2 Å². The summed E-state index contributed by atoms with van der Waals surface area (Å²) in [6.07, 6.45) is 1.18. The standard InChI is InChI=1S/C13H28N2O/c1-11(8-14)6-7-15-9-12(2,3)16-13(4,5)10-15/h11H,6-10,14H2,1-5H3. The number of hydrogen-bond acceptors (Lipinski definition) is 3. The molecule has 0 saturated carbocycles. The number of ether oxygens (including phenoxy) is 1. The van der Waals surface area contributed by atoms with Crippen LogP contribution in [0.15, 0.2) is 0 Å². The zero-order valence-corrected chi connectivity index (χ0v) is 11.5. The fraction of sp³-hybridized carbons (Fsp3) is 1.00. The highest BCUT2D eigenvalue weighted by molar-refractivity contribution is 4.89. The molecule has 1 atom stereocenters. The van der Waals surface area contributed by atoms with Gasteiger partial charge in [-0.05, 0) is 53.1 Å². The molecule has 0 aliphatic carbocycles. The van der Waals surface area contributed by atoms with Crippen LogP contribution >= 0.6 is 0 Å². The van der Waals surface area contributed by atoms with Gasteiger partial charge in [0.15, 0.2) is 0 Å². The van der Waals surface area contributed by atoms with E-state index in [0.29, 0.717) is 5.92 Å². The molecular formula is C13H28N2O. The van der Waals surface area contributed by atoms with Crippen molar-refractivity contribution in [2.45, 2.75) is 52.2 Å². The van der Waals surface area contributed by atoms with Gasteiger partial charge in [-0.25, -0.2) is 0 Å². The highest BCUT2D eigenvalue weighted by Gasteiger charge is 2.37. The fourth-order valence-electron chi connectivity index (χ4n) is 2.62. The normalized spacial score (nSPS) is 26.6. The Kier molecular flexibility index (Phi) is 4.38. The Labute approximate surface area is 100 Å². The van der Waals surface area contributed by atoms with Crippen molar-refractivity contribution in [1.29, 1.82) is 0 Å². The van der Waals surface area contributed by atoms with Crippen molar-refractivity contribution in [3.05, 3.63) is 0 Å². The molecule has 0 aromatic heterocycles. The Bertz CT molecular complexity index is 210. The topological polar surface area (TPSA) is 38.5 Å². The quantitative estimate of drug-likeness (QED) is 0.798. The third-order valence-electron chi connectivity index (χ3n) is 3.10. The Balaban J connectivity index is 2.48. The molecule has 1 rings (SSSR count). The number of morpholine rings is 1. The van der Waals surface area contributed by atoms with Crippen LogP contribution in [-0.2, 0) is 4.74 Å². The second-order valence-electron chi connectivity index (χ2n) is 6.46. The van der Waals surface area contributed by atoms with Gasteiger partial charge in [-0.2, -0.15) is 0 Å². The smallest absolute Gasteiger partial charge is 0.0760 e. The van der Waals surface area contributed by atoms with Crippen molar-refractivity contribution in [3.63, 3.8) is 0 Å². The second-order valence-corrected chi connectivity index (χ2v) is 6.46. The fourth-order valence-corrected chi connectivity index (χ4v) is 2.62. The maximum Gasteiger partial charge on any atom is 0.0760 e. The summed E-state index contributed by atoms with van der Waals surface area (Å²) in [6.45, 7) is 14.9. The monoisotopic (exact) mass is 228 g/mol. The highest BCUT2D eigenvalue weighted by atomic mass is 16.5. The van der Waals surface area contributed by atoms with E-state index in [9.17, 15) is 0 Å². The molecule has 1 heterocycles. The Hall–Kier alpha value is -0.120. The highest BCUT2D eigenvalue weighted by Crippen LogP contribution is 2.28. The second kappa shape index (κ2) is 5.03. The van der Waals surface area contributed by atoms with Gasteiger partial charge in [0.1, 0.15) is 0 Å². The van der Waals surface area contributed by atoms with E-state index in [1.54, 1.807) is 0 Å². The molecule has 0 bridgehead atoms. The van der Waals surface area contributed by atoms with E-state index in [-0.39, 0.29) is 11.2 Å². The van der Waals surface area contributed by atoms with E-state index in [2.05, 4.69) is 39.5 Å². The summed E-state index contributed by atoms with van der Waals surface area (Å²) in [6, 6.07) is 0. The Morgan fingerprint density at radius 3 is 2.12 bits per heavy atom. The predicted molar refractivity (Wildman–Crippen MR) is 68.5 cm³/mol. The minimum atomic E-state index is -0.0340. The van der Waals surface area contributed by atoms with Crippen LogP contribution in [0.4, 0.5) is 0 Å². The van der Waals surface area contributed by atoms with E-state index < -0.39 is 0 Å². The molecule has 0 aromatic carbocycles. The number of nitrogens with two attached hydrogens (primary N) is 1. The summed E-state index contributed by atoms with van der Waals surface area (Å²) in [5, 5.41) is 0. The van der Waals surface area contributed by atoms with Gasteiger partial charge < -0.3 is 10.5 Å². The third kappa shape index (κ3) is 4.40. The van der Waals surface area contributed by atoms with Crippen LogP contribution in [-0.4, -0.2) is 42.3 Å². The molecule has 1 fully saturated rings. The molecule has 0 radical (unpaired) electrons. The molecule has 3 nitrogen and oxygen atoms in total. The average molecular weight is 228 g/mol. The van der Waals surface area contributed by atoms with Crippen molar-refractivity contribution in [2.75, 3.05) is 26.2 Å². The van der Waals surface area contributed by atoms with Crippen LogP contribution in [0, 0.1) is 5.92 Å². The first-order chi connectivity index (χ1) is 7.24. The first-order valence-electron chi connectivity index (χ1n) is 6.37. The molecule has 1 aliphatic heterocycles. The van der Waals surface area contributed by atoms with Crippen molar-refractivity contribution < 1.29 is 4.74 Å². The SMILES string of the molecule is CC(CN)CCN1CC(C)(C)OC(C)(C)C1. The first kappa shape index (κ1) is 13.9. The average Bonchev–Trinajstić information content (AvgIpc) is 2.09. The van der Waals surface area contributed by atoms with Crippen molar-refractivity contribution in [1.82, 2.24) is 4.90 Å². The molecule has 0 aromatic rings. The van der Waals surface area contributed by atoms with Crippen molar-refractivity contribution in [3.8, 4) is 0 Å². The van der Waals surface area contributed by atoms with Crippen LogP contribution in [0.5, 0.6) is 0 Å². The van der Waals surface area contributed by atoms with Crippen molar-refractivity contribution in [2.24, 2.45) is 11.7 Å². The van der Waals surface area contributed by atoms with E-state index in [4.69, 9.17) is 10.5 Å². The summed E-state index contributed by atoms with van der Waals surface area (Å²) < 4.78 is 6.06. The maximum absolute atomic E-state index is 6.06. The molecule has 1 unspecified atom stereocenters. The molecular weight excluding hydrogens is 200 g/mol. The number of hydrogen-bond donors (Lipinski definition) is 1. The molecule has 1 saturated heterocycles. The van der Waals surface area contributed by atoms with Gasteiger partial charge in [-0.3, -0.25) is 4.90 Å². The summed E-state index contributed by atoms with van der Waals surface area (Å²) in [5.74, 6) is 0.620. The minimum Gasteiger partial charge on any atom is -0.367 e. The Morgan fingerprint density at radius 1 is 1.19 bits per heavy atom. The van der Waals surface area contributed by atoms with Gasteiger partial charge in [0.05, 0.1) is 11.2 Å². The lowest BCUT2D eigenvalue weighted by Crippen LogP contribution is -2.57. The summed E-state index contributed by atoms with van der Waals surface area (Å²) in [5.41, 5.74) is 5.58. The predicted octanol–water partition coefficient (Wildman–Crippen LogP) is 1.86. The first-order valence-corrected chi connectivity index (χ1v) is 6.37. The molecule has 2 N–H and O–H groups in total. The van der Waals surface area contributed by atoms with E-state index >= 15 is 0 Å². The zero-order chi connectivity index (χ0) is 12.4. The summed E-state index contributed by atoms with van der Waals surface area (Å²) in [4.78, 5) is 2.51. The van der Waals surface area contributed by atoms with Crippen LogP contribution < -0.4 is 5.73 Å². The van der Waals surface area contributed by atoms with Gasteiger partial charge >= 0.3 is 0 Å². The molecule has 1 aliphatic rings. The lowest BCUT2D eigenvalue weighted by atomic mass is 9.98. The van der Waals surface area contributed by atoms with Gasteiger partial charge in [0, 0.05) is 13.1 Å². The number of nitrogens with zero attached hydrogens (tertiary/aromatic N) is 1. The van der Waals surface area contributed by atoms with Crippen molar-refractivity contribution >= 4 is 0 Å². The van der Waals surface area contributed by atoms with Gasteiger partial charge in [-0.1, -0.05) is 6.92 Å². The minimum absolute atomic E-state index is 0.0340. The molecule has 3 heteroatoms. The molecule has 96 valence electrons. The lowest BCUT2D eigenvalue weighted by Gasteiger charge is -2.47. The summed E-state index contributed by atoms with van der Waals surface area (Å²) in [7, 11) is 0. The van der Waals surface area contributed by atoms with Crippen LogP contribution in [0.2, 0.25) is 0 Å². The maximum atomic E-state index is 6.06. The van der Waals surface area contributed by atoms with Gasteiger partial charge in [0.25, 0.3) is 0 Å².